The minimum absolute atomic E-state index is 0.0574. The molecule has 2 aromatic carbocycles. The van der Waals surface area contributed by atoms with Gasteiger partial charge < -0.3 is 14.6 Å². The monoisotopic (exact) mass is 317 g/mol. The first-order valence-electron chi connectivity index (χ1n) is 7.71. The van der Waals surface area contributed by atoms with Gasteiger partial charge in [0, 0.05) is 17.4 Å². The molecule has 1 amide bonds. The Hall–Kier alpha value is -3.10. The molecule has 0 bridgehead atoms. The topological polar surface area (TPSA) is 69.3 Å². The molecular weight excluding hydrogens is 302 g/mol. The standard InChI is InChI=1S/C19H15N3O2/c20-6-8-21-7-5-14-3-4-16(10-18(14)21)22-11-15-2-1-13(12-23)9-17(15)19(22)24/h1-5,7,9-10,23H,8,11-12H2. The van der Waals surface area contributed by atoms with Gasteiger partial charge in [-0.15, -0.1) is 0 Å². The number of nitriles is 1. The number of aromatic nitrogens is 1. The smallest absolute Gasteiger partial charge is 0.258 e. The predicted molar refractivity (Wildman–Crippen MR) is 90.4 cm³/mol. The fraction of sp³-hybridized carbons (Fsp3) is 0.158. The zero-order valence-electron chi connectivity index (χ0n) is 12.9. The number of anilines is 1. The molecule has 1 N–H and O–H groups in total. The molecule has 1 aromatic heterocycles. The number of fused-ring (bicyclic) bond motifs is 2. The number of aliphatic hydroxyl groups is 1. The Morgan fingerprint density at radius 1 is 1.17 bits per heavy atom. The van der Waals surface area contributed by atoms with Gasteiger partial charge in [0.25, 0.3) is 5.91 Å². The van der Waals surface area contributed by atoms with Crippen molar-refractivity contribution in [3.63, 3.8) is 0 Å². The van der Waals surface area contributed by atoms with E-state index in [2.05, 4.69) is 6.07 Å². The van der Waals surface area contributed by atoms with Crippen molar-refractivity contribution < 1.29 is 9.90 Å². The minimum atomic E-state index is -0.0752. The molecule has 0 atom stereocenters. The molecule has 1 aliphatic rings. The summed E-state index contributed by atoms with van der Waals surface area (Å²) in [6, 6.07) is 15.4. The minimum Gasteiger partial charge on any atom is -0.392 e. The van der Waals surface area contributed by atoms with E-state index < -0.39 is 0 Å². The largest absolute Gasteiger partial charge is 0.392 e. The first-order valence-corrected chi connectivity index (χ1v) is 7.71. The zero-order chi connectivity index (χ0) is 16.7. The molecule has 0 saturated carbocycles. The normalized spacial score (nSPS) is 13.3. The molecule has 3 aromatic rings. The molecule has 24 heavy (non-hydrogen) atoms. The average molecular weight is 317 g/mol. The van der Waals surface area contributed by atoms with Crippen LogP contribution < -0.4 is 4.90 Å². The van der Waals surface area contributed by atoms with Crippen molar-refractivity contribution in [3.8, 4) is 6.07 Å². The number of rotatable bonds is 3. The van der Waals surface area contributed by atoms with Crippen LogP contribution in [0.15, 0.2) is 48.7 Å². The van der Waals surface area contributed by atoms with E-state index in [-0.39, 0.29) is 19.1 Å². The summed E-state index contributed by atoms with van der Waals surface area (Å²) in [7, 11) is 0. The van der Waals surface area contributed by atoms with Crippen molar-refractivity contribution >= 4 is 22.5 Å². The molecule has 5 heteroatoms. The molecule has 0 spiro atoms. The lowest BCUT2D eigenvalue weighted by molar-refractivity contribution is 0.0996. The van der Waals surface area contributed by atoms with E-state index in [9.17, 15) is 9.90 Å². The van der Waals surface area contributed by atoms with Crippen LogP contribution in [0.4, 0.5) is 5.69 Å². The molecule has 118 valence electrons. The van der Waals surface area contributed by atoms with Crippen LogP contribution in [-0.4, -0.2) is 15.6 Å². The Balaban J connectivity index is 1.74. The van der Waals surface area contributed by atoms with Gasteiger partial charge in [0.05, 0.1) is 24.7 Å². The first kappa shape index (κ1) is 14.5. The number of hydrogen-bond donors (Lipinski definition) is 1. The fourth-order valence-electron chi connectivity index (χ4n) is 3.21. The highest BCUT2D eigenvalue weighted by Crippen LogP contribution is 2.31. The molecule has 0 unspecified atom stereocenters. The van der Waals surface area contributed by atoms with Crippen LogP contribution in [0.3, 0.4) is 0 Å². The van der Waals surface area contributed by atoms with E-state index in [0.717, 1.165) is 27.7 Å². The van der Waals surface area contributed by atoms with Gasteiger partial charge in [0.2, 0.25) is 0 Å². The van der Waals surface area contributed by atoms with Gasteiger partial charge >= 0.3 is 0 Å². The lowest BCUT2D eigenvalue weighted by Crippen LogP contribution is -2.22. The SMILES string of the molecule is N#CCn1ccc2ccc(N3Cc4ccc(CO)cc4C3=O)cc21. The van der Waals surface area contributed by atoms with Crippen molar-refractivity contribution in [1.82, 2.24) is 4.57 Å². The Morgan fingerprint density at radius 2 is 2.04 bits per heavy atom. The third kappa shape index (κ3) is 2.16. The van der Waals surface area contributed by atoms with Gasteiger partial charge in [-0.1, -0.05) is 18.2 Å². The molecule has 0 saturated heterocycles. The third-order valence-electron chi connectivity index (χ3n) is 4.47. The summed E-state index contributed by atoms with van der Waals surface area (Å²) in [5.41, 5.74) is 4.10. The van der Waals surface area contributed by atoms with Gasteiger partial charge in [-0.25, -0.2) is 0 Å². The Bertz CT molecular complexity index is 998. The highest BCUT2D eigenvalue weighted by atomic mass is 16.3. The van der Waals surface area contributed by atoms with Gasteiger partial charge in [-0.2, -0.15) is 5.26 Å². The summed E-state index contributed by atoms with van der Waals surface area (Å²) >= 11 is 0. The highest BCUT2D eigenvalue weighted by Gasteiger charge is 2.28. The molecule has 0 aliphatic carbocycles. The number of nitrogens with zero attached hydrogens (tertiary/aromatic N) is 3. The molecule has 2 heterocycles. The molecular formula is C19H15N3O2. The summed E-state index contributed by atoms with van der Waals surface area (Å²) in [5.74, 6) is -0.0574. The Labute approximate surface area is 139 Å². The summed E-state index contributed by atoms with van der Waals surface area (Å²) in [6.45, 7) is 0.722. The van der Waals surface area contributed by atoms with Crippen LogP contribution in [0.1, 0.15) is 21.5 Å². The molecule has 0 radical (unpaired) electrons. The number of amides is 1. The summed E-state index contributed by atoms with van der Waals surface area (Å²) in [5, 5.41) is 19.2. The van der Waals surface area contributed by atoms with Crippen molar-refractivity contribution in [2.75, 3.05) is 4.90 Å². The third-order valence-corrected chi connectivity index (χ3v) is 4.47. The maximum atomic E-state index is 12.7. The number of hydrogen-bond acceptors (Lipinski definition) is 3. The second-order valence-electron chi connectivity index (χ2n) is 5.89. The van der Waals surface area contributed by atoms with E-state index in [0.29, 0.717) is 12.1 Å². The Kier molecular flexibility index (Phi) is 3.33. The second kappa shape index (κ2) is 5.52. The number of aliphatic hydroxyl groups excluding tert-OH is 1. The predicted octanol–water partition coefficient (Wildman–Crippen LogP) is 2.82. The van der Waals surface area contributed by atoms with Crippen LogP contribution in [0.2, 0.25) is 0 Å². The van der Waals surface area contributed by atoms with E-state index in [1.165, 1.54) is 0 Å². The maximum absolute atomic E-state index is 12.7. The van der Waals surface area contributed by atoms with Gasteiger partial charge in [-0.3, -0.25) is 4.79 Å². The molecule has 1 aliphatic heterocycles. The molecule has 4 rings (SSSR count). The summed E-state index contributed by atoms with van der Waals surface area (Å²) in [6.07, 6.45) is 1.88. The van der Waals surface area contributed by atoms with Crippen LogP contribution in [-0.2, 0) is 19.7 Å². The summed E-state index contributed by atoms with van der Waals surface area (Å²) in [4.78, 5) is 14.5. The van der Waals surface area contributed by atoms with E-state index in [1.54, 1.807) is 11.0 Å². The zero-order valence-corrected chi connectivity index (χ0v) is 12.9. The number of carbonyl (C=O) groups excluding carboxylic acids is 1. The number of benzene rings is 2. The Morgan fingerprint density at radius 3 is 2.83 bits per heavy atom. The second-order valence-corrected chi connectivity index (χ2v) is 5.89. The van der Waals surface area contributed by atoms with E-state index >= 15 is 0 Å². The fourth-order valence-corrected chi connectivity index (χ4v) is 3.21. The van der Waals surface area contributed by atoms with Gasteiger partial charge in [0.1, 0.15) is 6.54 Å². The summed E-state index contributed by atoms with van der Waals surface area (Å²) < 4.78 is 1.87. The van der Waals surface area contributed by atoms with Crippen molar-refractivity contribution in [3.05, 3.63) is 65.4 Å². The average Bonchev–Trinajstić information content (AvgIpc) is 3.16. The van der Waals surface area contributed by atoms with Crippen LogP contribution in [0, 0.1) is 11.3 Å². The van der Waals surface area contributed by atoms with Gasteiger partial charge in [-0.05, 0) is 40.8 Å². The van der Waals surface area contributed by atoms with Crippen molar-refractivity contribution in [2.24, 2.45) is 0 Å². The molecule has 5 nitrogen and oxygen atoms in total. The lowest BCUT2D eigenvalue weighted by Gasteiger charge is -2.16. The van der Waals surface area contributed by atoms with Crippen LogP contribution in [0.5, 0.6) is 0 Å². The van der Waals surface area contributed by atoms with E-state index in [4.69, 9.17) is 5.26 Å². The maximum Gasteiger partial charge on any atom is 0.258 e. The first-order chi connectivity index (χ1) is 11.7. The quantitative estimate of drug-likeness (QED) is 0.807. The van der Waals surface area contributed by atoms with Crippen molar-refractivity contribution in [2.45, 2.75) is 19.7 Å². The van der Waals surface area contributed by atoms with Crippen LogP contribution in [0.25, 0.3) is 10.9 Å². The highest BCUT2D eigenvalue weighted by molar-refractivity contribution is 6.10. The lowest BCUT2D eigenvalue weighted by atomic mass is 10.1. The van der Waals surface area contributed by atoms with Crippen LogP contribution >= 0.6 is 0 Å². The number of carbonyl (C=O) groups is 1. The van der Waals surface area contributed by atoms with Crippen molar-refractivity contribution in [1.29, 1.82) is 5.26 Å². The van der Waals surface area contributed by atoms with E-state index in [1.807, 2.05) is 47.2 Å². The molecule has 0 fully saturated rings. The van der Waals surface area contributed by atoms with Gasteiger partial charge in [0.15, 0.2) is 0 Å².